The van der Waals surface area contributed by atoms with Crippen molar-refractivity contribution in [2.24, 2.45) is 0 Å². The molecule has 4 aromatic rings. The number of rotatable bonds is 6. The average Bonchev–Trinajstić information content (AvgIpc) is 3.34. The van der Waals surface area contributed by atoms with Crippen molar-refractivity contribution in [3.05, 3.63) is 131 Å². The maximum atomic E-state index is 13.5. The normalized spacial score (nSPS) is 14.8. The van der Waals surface area contributed by atoms with Gasteiger partial charge in [-0.3, -0.25) is 19.2 Å². The molecule has 0 fully saturated rings. The number of hydrogen-bond donors (Lipinski definition) is 0. The third-order valence-electron chi connectivity index (χ3n) is 7.02. The van der Waals surface area contributed by atoms with Gasteiger partial charge in [-0.2, -0.15) is 0 Å². The first-order valence-electron chi connectivity index (χ1n) is 11.9. The van der Waals surface area contributed by atoms with E-state index in [4.69, 9.17) is 0 Å². The fraction of sp³-hybridized carbons (Fsp3) is 0.0667. The van der Waals surface area contributed by atoms with E-state index in [-0.39, 0.29) is 36.2 Å². The molecule has 0 aromatic heterocycles. The van der Waals surface area contributed by atoms with Crippen LogP contribution in [0.25, 0.3) is 0 Å². The minimum Gasteiger partial charge on any atom is -0.268 e. The van der Waals surface area contributed by atoms with Crippen molar-refractivity contribution in [2.45, 2.75) is 0 Å². The molecule has 0 radical (unpaired) electrons. The van der Waals surface area contributed by atoms with Crippen LogP contribution in [0.5, 0.6) is 0 Å². The third kappa shape index (κ3) is 3.61. The van der Waals surface area contributed by atoms with Crippen molar-refractivity contribution in [3.63, 3.8) is 0 Å². The van der Waals surface area contributed by atoms with Crippen molar-refractivity contribution in [2.75, 3.05) is 12.6 Å². The fourth-order valence-electron chi connectivity index (χ4n) is 5.17. The van der Waals surface area contributed by atoms with Gasteiger partial charge in [-0.25, -0.2) is 9.80 Å². The summed E-state index contributed by atoms with van der Waals surface area (Å²) in [5.74, 6) is -1.45. The molecule has 0 N–H and O–H groups in total. The quantitative estimate of drug-likeness (QED) is 0.291. The van der Waals surface area contributed by atoms with Gasteiger partial charge in [0.2, 0.25) is 0 Å². The molecular formula is C30H22N2O4P+. The van der Waals surface area contributed by atoms with Crippen LogP contribution < -0.4 is 10.6 Å². The van der Waals surface area contributed by atoms with Gasteiger partial charge < -0.3 is 0 Å². The number of carbonyl (C=O) groups is 4. The summed E-state index contributed by atoms with van der Waals surface area (Å²) in [6.07, 6.45) is 0.140. The SMILES string of the molecule is O=C1c2ccccc2C(=O)N1C[P+](CN1C(=O)c2ccccc2C1=O)(c1ccccc1)c1ccccc1. The van der Waals surface area contributed by atoms with E-state index in [1.54, 1.807) is 48.5 Å². The summed E-state index contributed by atoms with van der Waals surface area (Å²) < 4.78 is 0. The topological polar surface area (TPSA) is 74.8 Å². The number of fused-ring (bicyclic) bond motifs is 2. The van der Waals surface area contributed by atoms with Gasteiger partial charge in [0.05, 0.1) is 22.3 Å². The van der Waals surface area contributed by atoms with E-state index in [1.807, 2.05) is 60.7 Å². The second-order valence-corrected chi connectivity index (χ2v) is 12.6. The largest absolute Gasteiger partial charge is 0.268 e. The Morgan fingerprint density at radius 3 is 0.973 bits per heavy atom. The van der Waals surface area contributed by atoms with E-state index in [9.17, 15) is 19.2 Å². The summed E-state index contributed by atoms with van der Waals surface area (Å²) >= 11 is 0. The molecule has 0 atom stereocenters. The van der Waals surface area contributed by atoms with Crippen LogP contribution in [0, 0.1) is 0 Å². The van der Waals surface area contributed by atoms with Crippen LogP contribution in [-0.2, 0) is 0 Å². The Bertz CT molecular complexity index is 1380. The van der Waals surface area contributed by atoms with Crippen molar-refractivity contribution in [1.29, 1.82) is 0 Å². The lowest BCUT2D eigenvalue weighted by atomic mass is 10.1. The summed E-state index contributed by atoms with van der Waals surface area (Å²) in [4.78, 5) is 56.4. The maximum absolute atomic E-state index is 13.5. The third-order valence-corrected chi connectivity index (χ3v) is 11.1. The van der Waals surface area contributed by atoms with E-state index in [0.717, 1.165) is 10.6 Å². The average molecular weight is 505 g/mol. The predicted molar refractivity (Wildman–Crippen MR) is 143 cm³/mol. The van der Waals surface area contributed by atoms with Gasteiger partial charge in [0.15, 0.2) is 12.6 Å². The lowest BCUT2D eigenvalue weighted by Crippen LogP contribution is -2.44. The molecule has 180 valence electrons. The molecule has 4 aromatic carbocycles. The molecule has 37 heavy (non-hydrogen) atoms. The Kier molecular flexibility index (Phi) is 5.54. The van der Waals surface area contributed by atoms with Gasteiger partial charge in [-0.1, -0.05) is 60.7 Å². The van der Waals surface area contributed by atoms with Gasteiger partial charge in [0.1, 0.15) is 17.9 Å². The first-order chi connectivity index (χ1) is 18.0. The van der Waals surface area contributed by atoms with Crippen LogP contribution in [0.4, 0.5) is 0 Å². The molecule has 2 heterocycles. The molecule has 0 aliphatic carbocycles. The molecule has 6 rings (SSSR count). The van der Waals surface area contributed by atoms with Crippen LogP contribution in [0.1, 0.15) is 41.4 Å². The molecule has 0 saturated carbocycles. The highest BCUT2D eigenvalue weighted by molar-refractivity contribution is 7.89. The minimum atomic E-state index is -2.74. The predicted octanol–water partition coefficient (Wildman–Crippen LogP) is 4.16. The highest BCUT2D eigenvalue weighted by atomic mass is 31.2. The Hall–Kier alpha value is -4.41. The highest BCUT2D eigenvalue weighted by Gasteiger charge is 2.53. The standard InChI is InChI=1S/C30H22N2O4P/c33-27-23-15-7-8-16-24(23)28(34)31(27)19-37(21-11-3-1-4-12-21,22-13-5-2-6-14-22)20-32-29(35)25-17-9-10-18-26(25)30(32)36/h1-18H,19-20H2/q+1. The molecule has 2 aliphatic heterocycles. The summed E-state index contributed by atoms with van der Waals surface area (Å²) in [6, 6.07) is 32.8. The Morgan fingerprint density at radius 2 is 0.676 bits per heavy atom. The van der Waals surface area contributed by atoms with Gasteiger partial charge in [0.25, 0.3) is 23.6 Å². The number of amides is 4. The molecule has 2 aliphatic rings. The van der Waals surface area contributed by atoms with Gasteiger partial charge in [-0.05, 0) is 48.5 Å². The van der Waals surface area contributed by atoms with Gasteiger partial charge in [-0.15, -0.1) is 0 Å². The molecule has 4 amide bonds. The lowest BCUT2D eigenvalue weighted by Gasteiger charge is -2.32. The molecule has 0 saturated heterocycles. The van der Waals surface area contributed by atoms with E-state index >= 15 is 0 Å². The smallest absolute Gasteiger partial charge is 0.264 e. The Morgan fingerprint density at radius 1 is 0.405 bits per heavy atom. The van der Waals surface area contributed by atoms with E-state index in [0.29, 0.717) is 22.3 Å². The molecule has 0 bridgehead atoms. The van der Waals surface area contributed by atoms with Crippen molar-refractivity contribution in [1.82, 2.24) is 9.80 Å². The second-order valence-electron chi connectivity index (χ2n) is 9.09. The summed E-state index contributed by atoms with van der Waals surface area (Å²) in [5, 5.41) is 1.80. The first kappa shape index (κ1) is 23.0. The van der Waals surface area contributed by atoms with Crippen LogP contribution in [0.2, 0.25) is 0 Å². The first-order valence-corrected chi connectivity index (χ1v) is 14.1. The summed E-state index contributed by atoms with van der Waals surface area (Å²) in [5.41, 5.74) is 1.47. The van der Waals surface area contributed by atoms with Crippen LogP contribution in [-0.4, -0.2) is 46.0 Å². The molecular weight excluding hydrogens is 483 g/mol. The zero-order chi connectivity index (χ0) is 25.6. The minimum absolute atomic E-state index is 0.0702. The summed E-state index contributed by atoms with van der Waals surface area (Å²) in [6.45, 7) is 0. The Balaban J connectivity index is 1.51. The highest BCUT2D eigenvalue weighted by Crippen LogP contribution is 2.58. The number of benzene rings is 4. The monoisotopic (exact) mass is 505 g/mol. The van der Waals surface area contributed by atoms with Crippen molar-refractivity contribution >= 4 is 41.5 Å². The van der Waals surface area contributed by atoms with E-state index < -0.39 is 7.26 Å². The van der Waals surface area contributed by atoms with E-state index in [2.05, 4.69) is 0 Å². The van der Waals surface area contributed by atoms with Gasteiger partial charge >= 0.3 is 0 Å². The maximum Gasteiger partial charge on any atom is 0.264 e. The van der Waals surface area contributed by atoms with Gasteiger partial charge in [0, 0.05) is 0 Å². The van der Waals surface area contributed by atoms with Crippen LogP contribution in [0.3, 0.4) is 0 Å². The Labute approximate surface area is 214 Å². The molecule has 0 unspecified atom stereocenters. The zero-order valence-electron chi connectivity index (χ0n) is 19.8. The van der Waals surface area contributed by atoms with Crippen molar-refractivity contribution < 1.29 is 19.2 Å². The zero-order valence-corrected chi connectivity index (χ0v) is 20.7. The van der Waals surface area contributed by atoms with Crippen LogP contribution >= 0.6 is 7.26 Å². The summed E-state index contributed by atoms with van der Waals surface area (Å²) in [7, 11) is -2.74. The van der Waals surface area contributed by atoms with Crippen molar-refractivity contribution in [3.8, 4) is 0 Å². The number of carbonyl (C=O) groups excluding carboxylic acids is 4. The fourth-order valence-corrected chi connectivity index (χ4v) is 9.17. The van der Waals surface area contributed by atoms with E-state index in [1.165, 1.54) is 9.80 Å². The molecule has 6 nitrogen and oxygen atoms in total. The second kappa shape index (κ2) is 8.91. The lowest BCUT2D eigenvalue weighted by molar-refractivity contribution is 0.0678. The molecule has 0 spiro atoms. The number of imide groups is 2. The number of hydrogen-bond acceptors (Lipinski definition) is 4. The molecule has 7 heteroatoms. The van der Waals surface area contributed by atoms with Crippen LogP contribution in [0.15, 0.2) is 109 Å². The number of nitrogens with zero attached hydrogens (tertiary/aromatic N) is 2.